The first-order chi connectivity index (χ1) is 12.0. The lowest BCUT2D eigenvalue weighted by Gasteiger charge is -2.43. The second kappa shape index (κ2) is 7.54. The number of benzene rings is 1. The maximum absolute atomic E-state index is 14.4. The van der Waals surface area contributed by atoms with Gasteiger partial charge >= 0.3 is 0 Å². The van der Waals surface area contributed by atoms with Gasteiger partial charge in [-0.15, -0.1) is 0 Å². The normalized spacial score (nSPS) is 21.0. The zero-order valence-electron chi connectivity index (χ0n) is 14.9. The van der Waals surface area contributed by atoms with E-state index in [-0.39, 0.29) is 23.5 Å². The molecule has 1 N–H and O–H groups in total. The zero-order valence-corrected chi connectivity index (χ0v) is 14.9. The molecule has 4 nitrogen and oxygen atoms in total. The van der Waals surface area contributed by atoms with Crippen LogP contribution in [0.2, 0.25) is 0 Å². The van der Waals surface area contributed by atoms with Crippen molar-refractivity contribution in [2.24, 2.45) is 5.92 Å². The molecule has 0 atom stereocenters. The van der Waals surface area contributed by atoms with Crippen LogP contribution in [0.25, 0.3) is 0 Å². The summed E-state index contributed by atoms with van der Waals surface area (Å²) in [6.07, 6.45) is 6.56. The molecule has 1 aliphatic carbocycles. The van der Waals surface area contributed by atoms with Crippen LogP contribution in [0.1, 0.15) is 57.4 Å². The van der Waals surface area contributed by atoms with Gasteiger partial charge in [0, 0.05) is 31.5 Å². The molecular formula is C20H27FN2O2. The molecule has 0 unspecified atom stereocenters. The molecule has 1 saturated carbocycles. The first-order valence-electron chi connectivity index (χ1n) is 9.34. The third-order valence-corrected chi connectivity index (χ3v) is 5.69. The van der Waals surface area contributed by atoms with Crippen molar-refractivity contribution in [2.75, 3.05) is 13.1 Å². The van der Waals surface area contributed by atoms with Crippen LogP contribution >= 0.6 is 0 Å². The molecule has 0 radical (unpaired) electrons. The van der Waals surface area contributed by atoms with Gasteiger partial charge < -0.3 is 10.2 Å². The summed E-state index contributed by atoms with van der Waals surface area (Å²) in [4.78, 5) is 26.4. The minimum absolute atomic E-state index is 0.149. The fourth-order valence-corrected chi connectivity index (χ4v) is 4.36. The van der Waals surface area contributed by atoms with Crippen molar-refractivity contribution in [1.29, 1.82) is 0 Å². The van der Waals surface area contributed by atoms with Crippen LogP contribution in [0.15, 0.2) is 24.3 Å². The number of nitrogens with one attached hydrogen (secondary N) is 1. The molecule has 0 spiro atoms. The third-order valence-electron chi connectivity index (χ3n) is 5.69. The standard InChI is InChI=1S/C20H27FN2O2/c1-15(24)22-20(17-9-5-6-10-18(17)21)11-13-23(14-12-20)19(25)16-7-3-2-4-8-16/h5-6,9-10,16H,2-4,7-8,11-14H2,1H3,(H,22,24). The lowest BCUT2D eigenvalue weighted by Crippen LogP contribution is -2.54. The molecule has 2 amide bonds. The predicted octanol–water partition coefficient (Wildman–Crippen LogP) is 3.36. The molecule has 3 rings (SSSR count). The number of nitrogens with zero attached hydrogens (tertiary/aromatic N) is 1. The van der Waals surface area contributed by atoms with Crippen LogP contribution < -0.4 is 5.32 Å². The number of hydrogen-bond acceptors (Lipinski definition) is 2. The number of hydrogen-bond donors (Lipinski definition) is 1. The van der Waals surface area contributed by atoms with Gasteiger partial charge in [0.05, 0.1) is 5.54 Å². The number of amides is 2. The van der Waals surface area contributed by atoms with E-state index in [1.807, 2.05) is 4.90 Å². The van der Waals surface area contributed by atoms with Crippen molar-refractivity contribution < 1.29 is 14.0 Å². The van der Waals surface area contributed by atoms with Crippen molar-refractivity contribution in [1.82, 2.24) is 10.2 Å². The fraction of sp³-hybridized carbons (Fsp3) is 0.600. The Morgan fingerprint density at radius 2 is 1.76 bits per heavy atom. The Labute approximate surface area is 148 Å². The summed E-state index contributed by atoms with van der Waals surface area (Å²) in [6.45, 7) is 2.58. The second-order valence-corrected chi connectivity index (χ2v) is 7.40. The summed E-state index contributed by atoms with van der Waals surface area (Å²) in [5, 5.41) is 2.97. The highest BCUT2D eigenvalue weighted by Gasteiger charge is 2.40. The van der Waals surface area contributed by atoms with E-state index >= 15 is 0 Å². The number of likely N-dealkylation sites (tertiary alicyclic amines) is 1. The van der Waals surface area contributed by atoms with E-state index in [0.29, 0.717) is 31.5 Å². The van der Waals surface area contributed by atoms with Crippen LogP contribution in [0.5, 0.6) is 0 Å². The maximum Gasteiger partial charge on any atom is 0.225 e. The zero-order chi connectivity index (χ0) is 17.9. The molecule has 0 bridgehead atoms. The van der Waals surface area contributed by atoms with Crippen molar-refractivity contribution >= 4 is 11.8 Å². The monoisotopic (exact) mass is 346 g/mol. The van der Waals surface area contributed by atoms with E-state index in [1.165, 1.54) is 19.4 Å². The van der Waals surface area contributed by atoms with Crippen molar-refractivity contribution in [3.05, 3.63) is 35.6 Å². The van der Waals surface area contributed by atoms with Crippen molar-refractivity contribution in [3.63, 3.8) is 0 Å². The van der Waals surface area contributed by atoms with Gasteiger partial charge in [0.25, 0.3) is 0 Å². The second-order valence-electron chi connectivity index (χ2n) is 7.40. The average molecular weight is 346 g/mol. The molecule has 136 valence electrons. The molecule has 2 aliphatic rings. The van der Waals surface area contributed by atoms with Crippen LogP contribution in [-0.4, -0.2) is 29.8 Å². The van der Waals surface area contributed by atoms with E-state index in [0.717, 1.165) is 25.7 Å². The number of piperidine rings is 1. The van der Waals surface area contributed by atoms with Gasteiger partial charge in [0.15, 0.2) is 0 Å². The highest BCUT2D eigenvalue weighted by atomic mass is 19.1. The quantitative estimate of drug-likeness (QED) is 0.912. The Balaban J connectivity index is 1.74. The highest BCUT2D eigenvalue weighted by molar-refractivity contribution is 5.79. The van der Waals surface area contributed by atoms with Gasteiger partial charge in [-0.05, 0) is 31.7 Å². The molecule has 1 aromatic carbocycles. The van der Waals surface area contributed by atoms with Crippen molar-refractivity contribution in [2.45, 2.75) is 57.4 Å². The number of carbonyl (C=O) groups excluding carboxylic acids is 2. The largest absolute Gasteiger partial charge is 0.347 e. The van der Waals surface area contributed by atoms with Gasteiger partial charge in [0.1, 0.15) is 5.82 Å². The molecule has 1 aromatic rings. The first-order valence-corrected chi connectivity index (χ1v) is 9.34. The smallest absolute Gasteiger partial charge is 0.225 e. The molecule has 1 heterocycles. The van der Waals surface area contributed by atoms with Crippen LogP contribution in [-0.2, 0) is 15.1 Å². The number of halogens is 1. The van der Waals surface area contributed by atoms with Gasteiger partial charge in [-0.1, -0.05) is 37.5 Å². The van der Waals surface area contributed by atoms with E-state index in [9.17, 15) is 14.0 Å². The predicted molar refractivity (Wildman–Crippen MR) is 94.3 cm³/mol. The summed E-state index contributed by atoms with van der Waals surface area (Å²) in [5.41, 5.74) is -0.199. The molecule has 25 heavy (non-hydrogen) atoms. The average Bonchev–Trinajstić information content (AvgIpc) is 2.62. The molecule has 0 aromatic heterocycles. The fourth-order valence-electron chi connectivity index (χ4n) is 4.36. The highest BCUT2D eigenvalue weighted by Crippen LogP contribution is 2.36. The molecule has 1 saturated heterocycles. The Hall–Kier alpha value is -1.91. The van der Waals surface area contributed by atoms with Gasteiger partial charge in [0.2, 0.25) is 11.8 Å². The van der Waals surface area contributed by atoms with Crippen LogP contribution in [0.3, 0.4) is 0 Å². The van der Waals surface area contributed by atoms with Crippen LogP contribution in [0.4, 0.5) is 4.39 Å². The Morgan fingerprint density at radius 3 is 2.36 bits per heavy atom. The SMILES string of the molecule is CC(=O)NC1(c2ccccc2F)CCN(C(=O)C2CCCCC2)CC1. The van der Waals surface area contributed by atoms with Gasteiger partial charge in [-0.2, -0.15) is 0 Å². The minimum Gasteiger partial charge on any atom is -0.347 e. The third kappa shape index (κ3) is 3.86. The topological polar surface area (TPSA) is 49.4 Å². The lowest BCUT2D eigenvalue weighted by atomic mass is 9.79. The summed E-state index contributed by atoms with van der Waals surface area (Å²) in [5.74, 6) is -0.0845. The molecule has 2 fully saturated rings. The van der Waals surface area contributed by atoms with E-state index in [2.05, 4.69) is 5.32 Å². The maximum atomic E-state index is 14.4. The summed E-state index contributed by atoms with van der Waals surface area (Å²) < 4.78 is 14.4. The summed E-state index contributed by atoms with van der Waals surface area (Å²) in [6, 6.07) is 6.62. The van der Waals surface area contributed by atoms with Gasteiger partial charge in [-0.3, -0.25) is 9.59 Å². The summed E-state index contributed by atoms with van der Waals surface area (Å²) >= 11 is 0. The van der Waals surface area contributed by atoms with Crippen molar-refractivity contribution in [3.8, 4) is 0 Å². The van der Waals surface area contributed by atoms with E-state index < -0.39 is 5.54 Å². The number of rotatable bonds is 3. The van der Waals surface area contributed by atoms with Crippen LogP contribution in [0, 0.1) is 11.7 Å². The Kier molecular flexibility index (Phi) is 5.40. The molecule has 5 heteroatoms. The molecular weight excluding hydrogens is 319 g/mol. The van der Waals surface area contributed by atoms with E-state index in [4.69, 9.17) is 0 Å². The van der Waals surface area contributed by atoms with Gasteiger partial charge in [-0.25, -0.2) is 4.39 Å². The van der Waals surface area contributed by atoms with E-state index in [1.54, 1.807) is 18.2 Å². The summed E-state index contributed by atoms with van der Waals surface area (Å²) in [7, 11) is 0. The lowest BCUT2D eigenvalue weighted by molar-refractivity contribution is -0.138. The first kappa shape index (κ1) is 17.9. The number of carbonyl (C=O) groups is 2. The minimum atomic E-state index is -0.722. The Morgan fingerprint density at radius 1 is 1.12 bits per heavy atom. The molecule has 1 aliphatic heterocycles. The Bertz CT molecular complexity index is 632.